The van der Waals surface area contributed by atoms with Crippen molar-refractivity contribution < 1.29 is 18.7 Å². The first kappa shape index (κ1) is 21.2. The Morgan fingerprint density at radius 1 is 1.13 bits per heavy atom. The molecule has 2 aromatic carbocycles. The summed E-state index contributed by atoms with van der Waals surface area (Å²) in [6.45, 7) is 0.164. The van der Waals surface area contributed by atoms with Crippen LogP contribution in [0.1, 0.15) is 11.5 Å². The van der Waals surface area contributed by atoms with Crippen molar-refractivity contribution in [1.29, 1.82) is 0 Å². The van der Waals surface area contributed by atoms with Crippen molar-refractivity contribution in [2.45, 2.75) is 6.61 Å². The summed E-state index contributed by atoms with van der Waals surface area (Å²) in [5, 5.41) is 4.12. The highest BCUT2D eigenvalue weighted by Crippen LogP contribution is 2.32. The Labute approximate surface area is 193 Å². The number of para-hydroxylation sites is 2. The third kappa shape index (κ3) is 4.54. The van der Waals surface area contributed by atoms with Crippen LogP contribution in [0.5, 0.6) is 11.5 Å². The Morgan fingerprint density at radius 3 is 2.71 bits per heavy atom. The molecule has 2 heterocycles. The fourth-order valence-electron chi connectivity index (χ4n) is 3.00. The van der Waals surface area contributed by atoms with E-state index in [1.807, 2.05) is 6.07 Å². The molecule has 6 nitrogen and oxygen atoms in total. The Bertz CT molecular complexity index is 1190. The first-order chi connectivity index (χ1) is 15.0. The maximum atomic E-state index is 12.9. The second-order valence-corrected chi connectivity index (χ2v) is 7.70. The van der Waals surface area contributed by atoms with Gasteiger partial charge in [-0.25, -0.2) is 4.90 Å². The minimum absolute atomic E-state index is 0.164. The molecule has 1 amide bonds. The average molecular weight is 475 g/mol. The molecule has 0 unspecified atom stereocenters. The van der Waals surface area contributed by atoms with Gasteiger partial charge in [-0.2, -0.15) is 0 Å². The topological polar surface area (TPSA) is 63.9 Å². The number of amides is 1. The minimum Gasteiger partial charge on any atom is -0.495 e. The predicted octanol–water partition coefficient (Wildman–Crippen LogP) is 5.44. The van der Waals surface area contributed by atoms with E-state index in [2.05, 4.69) is 5.32 Å². The number of hydrogen-bond donors (Lipinski definition) is 1. The molecular weight excluding hydrogens is 459 g/mol. The van der Waals surface area contributed by atoms with Gasteiger partial charge in [0.1, 0.15) is 35.3 Å². The van der Waals surface area contributed by atoms with Gasteiger partial charge in [0.2, 0.25) is 0 Å². The lowest BCUT2D eigenvalue weighted by molar-refractivity contribution is -0.113. The van der Waals surface area contributed by atoms with E-state index in [0.29, 0.717) is 44.4 Å². The van der Waals surface area contributed by atoms with Crippen molar-refractivity contribution in [2.75, 3.05) is 12.0 Å². The Kier molecular flexibility index (Phi) is 6.18. The molecule has 0 spiro atoms. The van der Waals surface area contributed by atoms with Crippen molar-refractivity contribution in [2.24, 2.45) is 0 Å². The smallest absolute Gasteiger partial charge is 0.281 e. The fourth-order valence-corrected chi connectivity index (χ4v) is 3.76. The van der Waals surface area contributed by atoms with Crippen LogP contribution in [-0.4, -0.2) is 18.1 Å². The second-order valence-electron chi connectivity index (χ2n) is 6.47. The number of nitrogens with one attached hydrogen (secondary N) is 1. The van der Waals surface area contributed by atoms with Crippen molar-refractivity contribution in [3.05, 3.63) is 81.9 Å². The molecule has 1 saturated heterocycles. The third-order valence-corrected chi connectivity index (χ3v) is 5.25. The maximum Gasteiger partial charge on any atom is 0.281 e. The summed E-state index contributed by atoms with van der Waals surface area (Å²) in [5.74, 6) is 1.76. The van der Waals surface area contributed by atoms with E-state index in [0.717, 1.165) is 0 Å². The number of carbonyl (C=O) groups is 1. The molecular formula is C22H16Cl2N2O4S. The number of methoxy groups -OCH3 is 1. The number of benzene rings is 2. The van der Waals surface area contributed by atoms with E-state index >= 15 is 0 Å². The number of nitrogens with zero attached hydrogens (tertiary/aromatic N) is 1. The summed E-state index contributed by atoms with van der Waals surface area (Å²) in [6.07, 6.45) is 1.59. The number of carbonyl (C=O) groups excluding carboxylic acids is 1. The van der Waals surface area contributed by atoms with Crippen molar-refractivity contribution in [3.63, 3.8) is 0 Å². The molecule has 1 fully saturated rings. The van der Waals surface area contributed by atoms with Gasteiger partial charge in [0.25, 0.3) is 5.91 Å². The van der Waals surface area contributed by atoms with Gasteiger partial charge < -0.3 is 19.2 Å². The normalized spacial score (nSPS) is 14.8. The van der Waals surface area contributed by atoms with Crippen LogP contribution in [0.15, 0.2) is 64.7 Å². The summed E-state index contributed by atoms with van der Waals surface area (Å²) >= 11 is 17.3. The summed E-state index contributed by atoms with van der Waals surface area (Å²) in [6, 6.07) is 15.6. The summed E-state index contributed by atoms with van der Waals surface area (Å²) in [7, 11) is 1.54. The molecule has 0 saturated carbocycles. The van der Waals surface area contributed by atoms with Crippen molar-refractivity contribution in [1.82, 2.24) is 5.32 Å². The number of halogens is 2. The number of hydrogen-bond acceptors (Lipinski definition) is 5. The zero-order valence-electron chi connectivity index (χ0n) is 16.2. The highest BCUT2D eigenvalue weighted by atomic mass is 35.5. The number of furan rings is 1. The lowest BCUT2D eigenvalue weighted by Crippen LogP contribution is -2.30. The summed E-state index contributed by atoms with van der Waals surface area (Å²) in [5.41, 5.74) is 0.850. The molecule has 1 aromatic heterocycles. The van der Waals surface area contributed by atoms with Crippen molar-refractivity contribution >= 4 is 58.2 Å². The number of anilines is 1. The standard InChI is InChI=1S/C22H16Cl2N2O4S/c1-28-20-5-3-2-4-18(20)26-21(27)17(25-22(26)31)11-14-7-8-15(30-14)12-29-19-9-6-13(23)10-16(19)24/h2-11H,12H2,1H3,(H,25,31)/b17-11+. The fraction of sp³-hybridized carbons (Fsp3) is 0.0909. The first-order valence-electron chi connectivity index (χ1n) is 9.13. The third-order valence-electron chi connectivity index (χ3n) is 4.44. The lowest BCUT2D eigenvalue weighted by Gasteiger charge is -2.17. The zero-order chi connectivity index (χ0) is 22.0. The molecule has 0 aliphatic carbocycles. The minimum atomic E-state index is -0.309. The maximum absolute atomic E-state index is 12.9. The highest BCUT2D eigenvalue weighted by molar-refractivity contribution is 7.80. The molecule has 158 valence electrons. The van der Waals surface area contributed by atoms with Gasteiger partial charge in [0.15, 0.2) is 5.11 Å². The Balaban J connectivity index is 1.49. The Hall–Kier alpha value is -3.00. The van der Waals surface area contributed by atoms with Crippen LogP contribution in [0.3, 0.4) is 0 Å². The number of ether oxygens (including phenoxy) is 2. The van der Waals surface area contributed by atoms with E-state index in [1.165, 1.54) is 12.0 Å². The van der Waals surface area contributed by atoms with E-state index in [9.17, 15) is 4.79 Å². The Morgan fingerprint density at radius 2 is 1.94 bits per heavy atom. The molecule has 1 aliphatic rings. The molecule has 0 bridgehead atoms. The van der Waals surface area contributed by atoms with Gasteiger partial charge in [0.05, 0.1) is 17.8 Å². The van der Waals surface area contributed by atoms with E-state index in [1.54, 1.807) is 54.6 Å². The van der Waals surface area contributed by atoms with Crippen LogP contribution in [0.4, 0.5) is 5.69 Å². The van der Waals surface area contributed by atoms with Gasteiger partial charge in [-0.3, -0.25) is 4.79 Å². The first-order valence-corrected chi connectivity index (χ1v) is 10.3. The van der Waals surface area contributed by atoms with Crippen LogP contribution in [0.25, 0.3) is 6.08 Å². The second kappa shape index (κ2) is 9.01. The van der Waals surface area contributed by atoms with Gasteiger partial charge in [-0.1, -0.05) is 35.3 Å². The van der Waals surface area contributed by atoms with Crippen LogP contribution < -0.4 is 19.7 Å². The highest BCUT2D eigenvalue weighted by Gasteiger charge is 2.33. The molecule has 0 atom stereocenters. The number of rotatable bonds is 6. The van der Waals surface area contributed by atoms with Crippen LogP contribution >= 0.6 is 35.4 Å². The molecule has 1 aliphatic heterocycles. The van der Waals surface area contributed by atoms with Crippen LogP contribution in [0, 0.1) is 0 Å². The largest absolute Gasteiger partial charge is 0.495 e. The van der Waals surface area contributed by atoms with Gasteiger partial charge in [-0.05, 0) is 54.7 Å². The van der Waals surface area contributed by atoms with Gasteiger partial charge in [-0.15, -0.1) is 0 Å². The molecule has 9 heteroatoms. The molecule has 3 aromatic rings. The average Bonchev–Trinajstić information content (AvgIpc) is 3.31. The van der Waals surface area contributed by atoms with Crippen LogP contribution in [-0.2, 0) is 11.4 Å². The molecule has 31 heavy (non-hydrogen) atoms. The lowest BCUT2D eigenvalue weighted by atomic mass is 10.2. The summed E-state index contributed by atoms with van der Waals surface area (Å²) in [4.78, 5) is 14.3. The molecule has 1 N–H and O–H groups in total. The molecule has 0 radical (unpaired) electrons. The van der Waals surface area contributed by atoms with Crippen molar-refractivity contribution in [3.8, 4) is 11.5 Å². The van der Waals surface area contributed by atoms with Gasteiger partial charge in [0, 0.05) is 11.1 Å². The molecule has 4 rings (SSSR count). The van der Waals surface area contributed by atoms with E-state index in [-0.39, 0.29) is 17.6 Å². The number of thiocarbonyl (C=S) groups is 1. The predicted molar refractivity (Wildman–Crippen MR) is 124 cm³/mol. The van der Waals surface area contributed by atoms with E-state index < -0.39 is 0 Å². The quantitative estimate of drug-likeness (QED) is 0.379. The monoisotopic (exact) mass is 474 g/mol. The SMILES string of the molecule is COc1ccccc1N1C(=O)/C(=C\c2ccc(COc3ccc(Cl)cc3Cl)o2)NC1=S. The van der Waals surface area contributed by atoms with Crippen LogP contribution in [0.2, 0.25) is 10.0 Å². The summed E-state index contributed by atoms with van der Waals surface area (Å²) < 4.78 is 16.8. The van der Waals surface area contributed by atoms with E-state index in [4.69, 9.17) is 49.3 Å². The van der Waals surface area contributed by atoms with Gasteiger partial charge >= 0.3 is 0 Å². The zero-order valence-corrected chi connectivity index (χ0v) is 18.6.